The van der Waals surface area contributed by atoms with Crippen LogP contribution in [-0.4, -0.2) is 4.98 Å². The zero-order valence-electron chi connectivity index (χ0n) is 9.60. The van der Waals surface area contributed by atoms with Crippen LogP contribution in [0, 0.1) is 5.82 Å². The van der Waals surface area contributed by atoms with Crippen molar-refractivity contribution in [1.82, 2.24) is 4.98 Å². The van der Waals surface area contributed by atoms with Gasteiger partial charge < -0.3 is 5.32 Å². The molecule has 0 unspecified atom stereocenters. The van der Waals surface area contributed by atoms with E-state index in [4.69, 9.17) is 23.2 Å². The highest BCUT2D eigenvalue weighted by Crippen LogP contribution is 2.33. The lowest BCUT2D eigenvalue weighted by molar-refractivity contribution is -0.137. The second-order valence-electron chi connectivity index (χ2n) is 3.81. The standard InChI is InChI=1S/C12H6Cl2F4N2/c13-7-1-2-9(8(15)5-7)19-11-4-6(12(16,17)18)3-10(14)20-11/h1-5H,(H,19,20). The number of anilines is 2. The maximum Gasteiger partial charge on any atom is 0.416 e. The van der Waals surface area contributed by atoms with Crippen LogP contribution in [0.25, 0.3) is 0 Å². The normalized spacial score (nSPS) is 11.5. The minimum absolute atomic E-state index is 0.0581. The van der Waals surface area contributed by atoms with Crippen molar-refractivity contribution in [3.63, 3.8) is 0 Å². The van der Waals surface area contributed by atoms with Gasteiger partial charge in [0.05, 0.1) is 11.3 Å². The molecule has 2 aromatic rings. The third-order valence-electron chi connectivity index (χ3n) is 2.32. The summed E-state index contributed by atoms with van der Waals surface area (Å²) in [5, 5.41) is 2.24. The van der Waals surface area contributed by atoms with Crippen molar-refractivity contribution >= 4 is 34.7 Å². The third-order valence-corrected chi connectivity index (χ3v) is 2.74. The average molecular weight is 325 g/mol. The minimum Gasteiger partial charge on any atom is -0.338 e. The molecule has 0 amide bonds. The first kappa shape index (κ1) is 14.9. The lowest BCUT2D eigenvalue weighted by Gasteiger charge is -2.11. The largest absolute Gasteiger partial charge is 0.416 e. The molecule has 1 N–H and O–H groups in total. The highest BCUT2D eigenvalue weighted by atomic mass is 35.5. The second-order valence-corrected chi connectivity index (χ2v) is 4.63. The molecule has 0 saturated carbocycles. The summed E-state index contributed by atoms with van der Waals surface area (Å²) in [5.41, 5.74) is -1.04. The van der Waals surface area contributed by atoms with Gasteiger partial charge in [0.1, 0.15) is 16.8 Å². The minimum atomic E-state index is -4.57. The Bertz CT molecular complexity index is 644. The van der Waals surface area contributed by atoms with E-state index in [1.165, 1.54) is 12.1 Å². The van der Waals surface area contributed by atoms with Gasteiger partial charge in [-0.3, -0.25) is 0 Å². The van der Waals surface area contributed by atoms with Crippen molar-refractivity contribution in [3.8, 4) is 0 Å². The van der Waals surface area contributed by atoms with Gasteiger partial charge in [-0.2, -0.15) is 13.2 Å². The molecule has 0 fully saturated rings. The van der Waals surface area contributed by atoms with Crippen molar-refractivity contribution in [1.29, 1.82) is 0 Å². The Morgan fingerprint density at radius 1 is 1.05 bits per heavy atom. The first-order valence-electron chi connectivity index (χ1n) is 5.22. The van der Waals surface area contributed by atoms with E-state index in [-0.39, 0.29) is 21.7 Å². The third kappa shape index (κ3) is 3.52. The Morgan fingerprint density at radius 3 is 2.35 bits per heavy atom. The fourth-order valence-electron chi connectivity index (χ4n) is 1.45. The Morgan fingerprint density at radius 2 is 1.75 bits per heavy atom. The number of halogens is 6. The van der Waals surface area contributed by atoms with Crippen LogP contribution in [0.4, 0.5) is 29.1 Å². The zero-order chi connectivity index (χ0) is 14.9. The van der Waals surface area contributed by atoms with Crippen molar-refractivity contribution in [2.45, 2.75) is 6.18 Å². The van der Waals surface area contributed by atoms with Crippen LogP contribution < -0.4 is 5.32 Å². The zero-order valence-corrected chi connectivity index (χ0v) is 11.1. The Kier molecular flexibility index (Phi) is 4.06. The molecule has 0 bridgehead atoms. The van der Waals surface area contributed by atoms with E-state index >= 15 is 0 Å². The molecular formula is C12H6Cl2F4N2. The summed E-state index contributed by atoms with van der Waals surface area (Å²) in [6.45, 7) is 0. The Hall–Kier alpha value is -1.53. The molecule has 106 valence electrons. The monoisotopic (exact) mass is 324 g/mol. The molecule has 0 radical (unpaired) electrons. The van der Waals surface area contributed by atoms with E-state index in [2.05, 4.69) is 10.3 Å². The number of hydrogen-bond donors (Lipinski definition) is 1. The smallest absolute Gasteiger partial charge is 0.338 e. The number of nitrogens with one attached hydrogen (secondary N) is 1. The molecule has 0 aliphatic heterocycles. The average Bonchev–Trinajstić information content (AvgIpc) is 2.31. The van der Waals surface area contributed by atoms with Gasteiger partial charge in [0.15, 0.2) is 0 Å². The van der Waals surface area contributed by atoms with Gasteiger partial charge >= 0.3 is 6.18 Å². The second kappa shape index (κ2) is 5.46. The predicted molar refractivity (Wildman–Crippen MR) is 68.9 cm³/mol. The molecule has 0 aliphatic rings. The first-order valence-corrected chi connectivity index (χ1v) is 5.98. The number of pyridine rings is 1. The topological polar surface area (TPSA) is 24.9 Å². The van der Waals surface area contributed by atoms with E-state index in [1.54, 1.807) is 0 Å². The van der Waals surface area contributed by atoms with Crippen LogP contribution in [0.15, 0.2) is 30.3 Å². The van der Waals surface area contributed by atoms with Crippen LogP contribution >= 0.6 is 23.2 Å². The quantitative estimate of drug-likeness (QED) is 0.599. The summed E-state index contributed by atoms with van der Waals surface area (Å²) in [4.78, 5) is 3.66. The van der Waals surface area contributed by atoms with E-state index in [0.717, 1.165) is 12.1 Å². The van der Waals surface area contributed by atoms with Crippen molar-refractivity contribution in [3.05, 3.63) is 51.9 Å². The first-order chi connectivity index (χ1) is 9.25. The van der Waals surface area contributed by atoms with Crippen LogP contribution in [0.1, 0.15) is 5.56 Å². The number of hydrogen-bond acceptors (Lipinski definition) is 2. The van der Waals surface area contributed by atoms with Gasteiger partial charge in [-0.1, -0.05) is 23.2 Å². The van der Waals surface area contributed by atoms with E-state index < -0.39 is 17.6 Å². The lowest BCUT2D eigenvalue weighted by Crippen LogP contribution is -2.07. The van der Waals surface area contributed by atoms with Gasteiger partial charge in [0.2, 0.25) is 0 Å². The van der Waals surface area contributed by atoms with Crippen molar-refractivity contribution in [2.75, 3.05) is 5.32 Å². The maximum atomic E-state index is 13.5. The van der Waals surface area contributed by atoms with Crippen LogP contribution in [0.3, 0.4) is 0 Å². The van der Waals surface area contributed by atoms with Crippen LogP contribution in [0.5, 0.6) is 0 Å². The SMILES string of the molecule is Fc1cc(Cl)ccc1Nc1cc(C(F)(F)F)cc(Cl)n1. The Balaban J connectivity index is 2.36. The highest BCUT2D eigenvalue weighted by Gasteiger charge is 2.31. The molecule has 8 heteroatoms. The van der Waals surface area contributed by atoms with Crippen molar-refractivity contribution < 1.29 is 17.6 Å². The molecule has 2 nitrogen and oxygen atoms in total. The van der Waals surface area contributed by atoms with E-state index in [1.807, 2.05) is 0 Å². The van der Waals surface area contributed by atoms with Gasteiger partial charge in [-0.25, -0.2) is 9.37 Å². The fraction of sp³-hybridized carbons (Fsp3) is 0.0833. The molecule has 2 rings (SSSR count). The molecule has 0 saturated heterocycles. The molecular weight excluding hydrogens is 319 g/mol. The molecule has 20 heavy (non-hydrogen) atoms. The van der Waals surface area contributed by atoms with Gasteiger partial charge in [-0.15, -0.1) is 0 Å². The number of nitrogens with zero attached hydrogens (tertiary/aromatic N) is 1. The molecule has 0 atom stereocenters. The molecule has 1 aromatic carbocycles. The summed E-state index contributed by atoms with van der Waals surface area (Å²) in [5.74, 6) is -0.932. The molecule has 0 spiro atoms. The van der Waals surface area contributed by atoms with Gasteiger partial charge in [-0.05, 0) is 30.3 Å². The predicted octanol–water partition coefficient (Wildman–Crippen LogP) is 5.29. The summed E-state index contributed by atoms with van der Waals surface area (Å²) >= 11 is 11.1. The maximum absolute atomic E-state index is 13.5. The number of alkyl halides is 3. The Labute approximate surface area is 121 Å². The fourth-order valence-corrected chi connectivity index (χ4v) is 1.82. The van der Waals surface area contributed by atoms with Gasteiger partial charge in [0.25, 0.3) is 0 Å². The molecule has 0 aliphatic carbocycles. The molecule has 1 heterocycles. The van der Waals surface area contributed by atoms with Crippen LogP contribution in [0.2, 0.25) is 10.2 Å². The lowest BCUT2D eigenvalue weighted by atomic mass is 10.2. The molecule has 1 aromatic heterocycles. The summed E-state index contributed by atoms with van der Waals surface area (Å²) < 4.78 is 51.4. The summed E-state index contributed by atoms with van der Waals surface area (Å²) in [6, 6.07) is 5.12. The van der Waals surface area contributed by atoms with Crippen LogP contribution in [-0.2, 0) is 6.18 Å². The highest BCUT2D eigenvalue weighted by molar-refractivity contribution is 6.30. The number of aromatic nitrogens is 1. The van der Waals surface area contributed by atoms with E-state index in [9.17, 15) is 17.6 Å². The number of benzene rings is 1. The van der Waals surface area contributed by atoms with Crippen molar-refractivity contribution in [2.24, 2.45) is 0 Å². The van der Waals surface area contributed by atoms with E-state index in [0.29, 0.717) is 6.07 Å². The number of rotatable bonds is 2. The van der Waals surface area contributed by atoms with Gasteiger partial charge in [0, 0.05) is 5.02 Å². The summed E-state index contributed by atoms with van der Waals surface area (Å²) in [7, 11) is 0. The summed E-state index contributed by atoms with van der Waals surface area (Å²) in [6.07, 6.45) is -4.57.